The standard InChI is InChI=1S/C13H17N7O/c1-7-8(2)20-13(16-17-18-20)11-12(7)19-9(5-14)6-21-4-3-10(19)15-11/h9H,3-6,14H2,1-2H3. The molecule has 1 unspecified atom stereocenters. The fourth-order valence-corrected chi connectivity index (χ4v) is 3.08. The first-order chi connectivity index (χ1) is 10.2. The lowest BCUT2D eigenvalue weighted by Gasteiger charge is -2.18. The maximum absolute atomic E-state index is 5.94. The molecule has 0 fully saturated rings. The van der Waals surface area contributed by atoms with Crippen LogP contribution in [0.5, 0.6) is 0 Å². The molecule has 2 N–H and O–H groups in total. The lowest BCUT2D eigenvalue weighted by atomic mass is 10.1. The van der Waals surface area contributed by atoms with Crippen molar-refractivity contribution in [2.45, 2.75) is 26.3 Å². The van der Waals surface area contributed by atoms with Gasteiger partial charge in [-0.2, -0.15) is 4.52 Å². The van der Waals surface area contributed by atoms with E-state index in [4.69, 9.17) is 15.5 Å². The number of tetrazole rings is 1. The van der Waals surface area contributed by atoms with Gasteiger partial charge in [-0.1, -0.05) is 0 Å². The van der Waals surface area contributed by atoms with E-state index in [1.165, 1.54) is 0 Å². The summed E-state index contributed by atoms with van der Waals surface area (Å²) in [7, 11) is 0. The van der Waals surface area contributed by atoms with Gasteiger partial charge in [0.05, 0.1) is 24.8 Å². The number of hydrogen-bond acceptors (Lipinski definition) is 6. The summed E-state index contributed by atoms with van der Waals surface area (Å²) in [6.45, 7) is 5.89. The van der Waals surface area contributed by atoms with Gasteiger partial charge in [0.25, 0.3) is 0 Å². The summed E-state index contributed by atoms with van der Waals surface area (Å²) in [5, 5.41) is 12.0. The van der Waals surface area contributed by atoms with Gasteiger partial charge in [-0.25, -0.2) is 4.98 Å². The van der Waals surface area contributed by atoms with Crippen molar-refractivity contribution in [3.63, 3.8) is 0 Å². The first kappa shape index (κ1) is 12.7. The molecular weight excluding hydrogens is 270 g/mol. The number of aryl methyl sites for hydroxylation is 2. The third-order valence-corrected chi connectivity index (χ3v) is 4.30. The Kier molecular flexibility index (Phi) is 2.69. The van der Waals surface area contributed by atoms with E-state index in [-0.39, 0.29) is 6.04 Å². The molecule has 0 radical (unpaired) electrons. The summed E-state index contributed by atoms with van der Waals surface area (Å²) >= 11 is 0. The maximum Gasteiger partial charge on any atom is 0.207 e. The second kappa shape index (κ2) is 4.47. The summed E-state index contributed by atoms with van der Waals surface area (Å²) in [4.78, 5) is 4.78. The van der Waals surface area contributed by atoms with Gasteiger partial charge >= 0.3 is 0 Å². The predicted molar refractivity (Wildman–Crippen MR) is 76.2 cm³/mol. The van der Waals surface area contributed by atoms with Crippen LogP contribution < -0.4 is 5.73 Å². The Morgan fingerprint density at radius 2 is 2.24 bits per heavy atom. The number of pyridine rings is 1. The fraction of sp³-hybridized carbons (Fsp3) is 0.538. The van der Waals surface area contributed by atoms with Crippen molar-refractivity contribution < 1.29 is 4.74 Å². The molecule has 1 aliphatic rings. The molecule has 0 bridgehead atoms. The predicted octanol–water partition coefficient (Wildman–Crippen LogP) is 0.163. The minimum absolute atomic E-state index is 0.101. The number of rotatable bonds is 1. The largest absolute Gasteiger partial charge is 0.379 e. The Labute approximate surface area is 120 Å². The van der Waals surface area contributed by atoms with Crippen LogP contribution in [0.2, 0.25) is 0 Å². The van der Waals surface area contributed by atoms with Gasteiger partial charge in [0.2, 0.25) is 5.65 Å². The van der Waals surface area contributed by atoms with Crippen LogP contribution >= 0.6 is 0 Å². The van der Waals surface area contributed by atoms with Gasteiger partial charge in [-0.3, -0.25) is 0 Å². The highest BCUT2D eigenvalue weighted by Gasteiger charge is 2.25. The SMILES string of the molecule is Cc1c(C)n2nnnc2c2nc3n(c12)C(CN)COCC3. The van der Waals surface area contributed by atoms with E-state index < -0.39 is 0 Å². The molecule has 0 aromatic carbocycles. The van der Waals surface area contributed by atoms with Crippen molar-refractivity contribution in [3.05, 3.63) is 17.1 Å². The van der Waals surface area contributed by atoms with Gasteiger partial charge in [0.1, 0.15) is 11.3 Å². The van der Waals surface area contributed by atoms with Crippen LogP contribution in [-0.2, 0) is 11.2 Å². The van der Waals surface area contributed by atoms with Crippen LogP contribution in [0, 0.1) is 13.8 Å². The Morgan fingerprint density at radius 1 is 1.38 bits per heavy atom. The van der Waals surface area contributed by atoms with Gasteiger partial charge < -0.3 is 15.0 Å². The average molecular weight is 287 g/mol. The first-order valence-corrected chi connectivity index (χ1v) is 7.08. The minimum atomic E-state index is 0.101. The molecule has 110 valence electrons. The smallest absolute Gasteiger partial charge is 0.207 e. The normalized spacial score (nSPS) is 19.1. The molecule has 4 heterocycles. The zero-order valence-electron chi connectivity index (χ0n) is 12.1. The molecule has 0 amide bonds. The van der Waals surface area contributed by atoms with Crippen molar-refractivity contribution in [3.8, 4) is 0 Å². The Hall–Kier alpha value is -2.06. The number of nitrogens with zero attached hydrogens (tertiary/aromatic N) is 6. The molecule has 0 saturated carbocycles. The van der Waals surface area contributed by atoms with Crippen LogP contribution in [0.3, 0.4) is 0 Å². The van der Waals surface area contributed by atoms with E-state index in [2.05, 4.69) is 27.0 Å². The molecule has 4 rings (SSSR count). The number of aromatic nitrogens is 6. The van der Waals surface area contributed by atoms with Crippen molar-refractivity contribution in [2.75, 3.05) is 19.8 Å². The van der Waals surface area contributed by atoms with Crippen molar-refractivity contribution in [1.82, 2.24) is 29.6 Å². The molecule has 0 aliphatic carbocycles. The molecule has 0 spiro atoms. The quantitative estimate of drug-likeness (QED) is 0.685. The van der Waals surface area contributed by atoms with Gasteiger partial charge in [0.15, 0.2) is 0 Å². The molecule has 3 aromatic rings. The van der Waals surface area contributed by atoms with Crippen LogP contribution in [0.15, 0.2) is 0 Å². The lowest BCUT2D eigenvalue weighted by Crippen LogP contribution is -2.23. The van der Waals surface area contributed by atoms with Gasteiger partial charge in [-0.15, -0.1) is 5.10 Å². The number of hydrogen-bond donors (Lipinski definition) is 1. The summed E-state index contributed by atoms with van der Waals surface area (Å²) in [6, 6.07) is 0.101. The number of fused-ring (bicyclic) bond motifs is 5. The second-order valence-electron chi connectivity index (χ2n) is 5.43. The zero-order valence-corrected chi connectivity index (χ0v) is 12.1. The zero-order chi connectivity index (χ0) is 14.6. The van der Waals surface area contributed by atoms with Crippen LogP contribution in [0.25, 0.3) is 16.7 Å². The van der Waals surface area contributed by atoms with Crippen LogP contribution in [0.1, 0.15) is 23.1 Å². The van der Waals surface area contributed by atoms with Crippen molar-refractivity contribution >= 4 is 16.7 Å². The first-order valence-electron chi connectivity index (χ1n) is 7.08. The Balaban J connectivity index is 2.16. The van der Waals surface area contributed by atoms with Crippen molar-refractivity contribution in [1.29, 1.82) is 0 Å². The second-order valence-corrected chi connectivity index (χ2v) is 5.43. The molecule has 3 aromatic heterocycles. The van der Waals surface area contributed by atoms with E-state index in [0.717, 1.165) is 34.5 Å². The number of ether oxygens (including phenoxy) is 1. The molecule has 1 aliphatic heterocycles. The van der Waals surface area contributed by atoms with E-state index in [1.54, 1.807) is 4.52 Å². The molecule has 1 atom stereocenters. The van der Waals surface area contributed by atoms with Crippen LogP contribution in [0.4, 0.5) is 0 Å². The third kappa shape index (κ3) is 1.63. The van der Waals surface area contributed by atoms with E-state index >= 15 is 0 Å². The molecule has 8 heteroatoms. The summed E-state index contributed by atoms with van der Waals surface area (Å²) in [6.07, 6.45) is 0.775. The van der Waals surface area contributed by atoms with E-state index in [9.17, 15) is 0 Å². The minimum Gasteiger partial charge on any atom is -0.379 e. The molecule has 21 heavy (non-hydrogen) atoms. The highest BCUT2D eigenvalue weighted by Crippen LogP contribution is 2.29. The van der Waals surface area contributed by atoms with Gasteiger partial charge in [-0.05, 0) is 29.8 Å². The Morgan fingerprint density at radius 3 is 3.05 bits per heavy atom. The fourth-order valence-electron chi connectivity index (χ4n) is 3.08. The molecular formula is C13H17N7O. The average Bonchev–Trinajstić information content (AvgIpc) is 3.05. The highest BCUT2D eigenvalue weighted by molar-refractivity contribution is 5.91. The van der Waals surface area contributed by atoms with E-state index in [1.807, 2.05) is 6.92 Å². The topological polar surface area (TPSA) is 96.2 Å². The summed E-state index contributed by atoms with van der Waals surface area (Å²) in [5.74, 6) is 0.997. The lowest BCUT2D eigenvalue weighted by molar-refractivity contribution is 0.121. The van der Waals surface area contributed by atoms with E-state index in [0.29, 0.717) is 25.4 Å². The number of imidazole rings is 1. The highest BCUT2D eigenvalue weighted by atomic mass is 16.5. The molecule has 8 nitrogen and oxygen atoms in total. The van der Waals surface area contributed by atoms with Crippen LogP contribution in [-0.4, -0.2) is 49.4 Å². The summed E-state index contributed by atoms with van der Waals surface area (Å²) < 4.78 is 9.61. The number of nitrogens with two attached hydrogens (primary N) is 1. The third-order valence-electron chi connectivity index (χ3n) is 4.30. The summed E-state index contributed by atoms with van der Waals surface area (Å²) in [5.41, 5.74) is 10.7. The van der Waals surface area contributed by atoms with Crippen molar-refractivity contribution in [2.24, 2.45) is 5.73 Å². The Bertz CT molecular complexity index is 834. The molecule has 0 saturated heterocycles. The maximum atomic E-state index is 5.94. The monoisotopic (exact) mass is 287 g/mol. The van der Waals surface area contributed by atoms with Gasteiger partial charge in [0, 0.05) is 18.7 Å².